The summed E-state index contributed by atoms with van der Waals surface area (Å²) in [6.45, 7) is 0.114. The molecule has 9 heteroatoms. The van der Waals surface area contributed by atoms with E-state index in [1.54, 1.807) is 31.3 Å². The summed E-state index contributed by atoms with van der Waals surface area (Å²) >= 11 is 0. The summed E-state index contributed by atoms with van der Waals surface area (Å²) in [7, 11) is 3.08. The standard InChI is InChI=1S/C24H24N2O7/c1-26(14-18-15-31-19-5-3-4-6-21(19)33-18)23(27)16-32-24(28)10-8-17-7-9-20(30-12-11-25)22(13-17)29-2/h3-10,13,18H,12,14-16H2,1-2H3/b10-8+. The third kappa shape index (κ3) is 6.64. The molecule has 1 unspecified atom stereocenters. The summed E-state index contributed by atoms with van der Waals surface area (Å²) in [4.78, 5) is 25.8. The number of amides is 1. The minimum absolute atomic E-state index is 0.104. The fourth-order valence-corrected chi connectivity index (χ4v) is 3.03. The number of carbonyl (C=O) groups excluding carboxylic acids is 2. The van der Waals surface area contributed by atoms with E-state index < -0.39 is 12.6 Å². The average molecular weight is 452 g/mol. The van der Waals surface area contributed by atoms with Crippen LogP contribution in [-0.2, 0) is 14.3 Å². The molecule has 0 aliphatic carbocycles. The number of para-hydroxylation sites is 2. The van der Waals surface area contributed by atoms with Crippen molar-refractivity contribution in [3.63, 3.8) is 0 Å². The molecule has 1 amide bonds. The third-order valence-electron chi connectivity index (χ3n) is 4.70. The number of hydrogen-bond donors (Lipinski definition) is 0. The lowest BCUT2D eigenvalue weighted by Gasteiger charge is -2.29. The fraction of sp³-hybridized carbons (Fsp3) is 0.292. The predicted molar refractivity (Wildman–Crippen MR) is 118 cm³/mol. The van der Waals surface area contributed by atoms with Gasteiger partial charge in [0.2, 0.25) is 0 Å². The number of ether oxygens (including phenoxy) is 5. The van der Waals surface area contributed by atoms with E-state index in [-0.39, 0.29) is 18.6 Å². The molecule has 1 aliphatic heterocycles. The van der Waals surface area contributed by atoms with Crippen LogP contribution in [0.15, 0.2) is 48.5 Å². The zero-order chi connectivity index (χ0) is 23.6. The number of nitrogens with zero attached hydrogens (tertiary/aromatic N) is 2. The maximum Gasteiger partial charge on any atom is 0.331 e. The summed E-state index contributed by atoms with van der Waals surface area (Å²) < 4.78 is 27.0. The monoisotopic (exact) mass is 452 g/mol. The van der Waals surface area contributed by atoms with Gasteiger partial charge in [-0.1, -0.05) is 18.2 Å². The molecule has 172 valence electrons. The van der Waals surface area contributed by atoms with Crippen LogP contribution in [0.3, 0.4) is 0 Å². The normalized spacial score (nSPS) is 14.3. The van der Waals surface area contributed by atoms with Crippen molar-refractivity contribution in [1.29, 1.82) is 5.26 Å². The Kier molecular flexibility index (Phi) is 8.13. The predicted octanol–water partition coefficient (Wildman–Crippen LogP) is 2.45. The smallest absolute Gasteiger partial charge is 0.331 e. The van der Waals surface area contributed by atoms with Gasteiger partial charge < -0.3 is 28.6 Å². The second kappa shape index (κ2) is 11.4. The van der Waals surface area contributed by atoms with Crippen molar-refractivity contribution in [3.05, 3.63) is 54.1 Å². The fourth-order valence-electron chi connectivity index (χ4n) is 3.03. The van der Waals surface area contributed by atoms with Gasteiger partial charge in [0, 0.05) is 13.1 Å². The summed E-state index contributed by atoms with van der Waals surface area (Å²) in [6.07, 6.45) is 2.42. The molecule has 1 aliphatic rings. The number of hydrogen-bond acceptors (Lipinski definition) is 8. The van der Waals surface area contributed by atoms with Crippen LogP contribution in [0.2, 0.25) is 0 Å². The molecule has 9 nitrogen and oxygen atoms in total. The van der Waals surface area contributed by atoms with Gasteiger partial charge >= 0.3 is 5.97 Å². The Bertz CT molecular complexity index is 1060. The van der Waals surface area contributed by atoms with Crippen LogP contribution in [0.1, 0.15) is 5.56 Å². The van der Waals surface area contributed by atoms with Crippen molar-refractivity contribution in [2.45, 2.75) is 6.10 Å². The lowest BCUT2D eigenvalue weighted by Crippen LogP contribution is -2.43. The first-order valence-corrected chi connectivity index (χ1v) is 10.1. The highest BCUT2D eigenvalue weighted by Crippen LogP contribution is 2.31. The van der Waals surface area contributed by atoms with E-state index in [2.05, 4.69) is 0 Å². The number of benzene rings is 2. The van der Waals surface area contributed by atoms with E-state index in [0.29, 0.717) is 41.7 Å². The first-order valence-electron chi connectivity index (χ1n) is 10.1. The van der Waals surface area contributed by atoms with Gasteiger partial charge in [-0.3, -0.25) is 4.79 Å². The van der Waals surface area contributed by atoms with Gasteiger partial charge in [-0.25, -0.2) is 4.79 Å². The number of rotatable bonds is 9. The zero-order valence-corrected chi connectivity index (χ0v) is 18.4. The molecule has 2 aromatic carbocycles. The van der Waals surface area contributed by atoms with Crippen LogP contribution in [0.25, 0.3) is 6.08 Å². The van der Waals surface area contributed by atoms with E-state index in [0.717, 1.165) is 0 Å². The number of fused-ring (bicyclic) bond motifs is 1. The van der Waals surface area contributed by atoms with E-state index in [9.17, 15) is 9.59 Å². The summed E-state index contributed by atoms with van der Waals surface area (Å²) in [6, 6.07) is 14.2. The summed E-state index contributed by atoms with van der Waals surface area (Å²) in [5.41, 5.74) is 0.659. The lowest BCUT2D eigenvalue weighted by atomic mass is 10.2. The Morgan fingerprint density at radius 3 is 2.76 bits per heavy atom. The van der Waals surface area contributed by atoms with Crippen LogP contribution in [-0.4, -0.2) is 63.4 Å². The quantitative estimate of drug-likeness (QED) is 0.422. The first-order chi connectivity index (χ1) is 16.0. The van der Waals surface area contributed by atoms with Crippen molar-refractivity contribution in [3.8, 4) is 29.1 Å². The molecule has 0 radical (unpaired) electrons. The highest BCUT2D eigenvalue weighted by Gasteiger charge is 2.24. The molecule has 1 heterocycles. The van der Waals surface area contributed by atoms with Crippen molar-refractivity contribution in [1.82, 2.24) is 4.90 Å². The van der Waals surface area contributed by atoms with Gasteiger partial charge in [-0.2, -0.15) is 5.26 Å². The van der Waals surface area contributed by atoms with Crippen molar-refractivity contribution < 1.29 is 33.3 Å². The van der Waals surface area contributed by atoms with Crippen molar-refractivity contribution in [2.24, 2.45) is 0 Å². The van der Waals surface area contributed by atoms with Gasteiger partial charge in [0.1, 0.15) is 12.7 Å². The molecule has 0 bridgehead atoms. The molecule has 3 rings (SSSR count). The van der Waals surface area contributed by atoms with E-state index in [1.807, 2.05) is 24.3 Å². The first kappa shape index (κ1) is 23.5. The largest absolute Gasteiger partial charge is 0.493 e. The van der Waals surface area contributed by atoms with Gasteiger partial charge in [-0.05, 0) is 35.9 Å². The highest BCUT2D eigenvalue weighted by atomic mass is 16.6. The topological polar surface area (TPSA) is 107 Å². The molecule has 0 fully saturated rings. The van der Waals surface area contributed by atoms with Crippen molar-refractivity contribution in [2.75, 3.05) is 40.5 Å². The second-order valence-corrected chi connectivity index (χ2v) is 7.07. The molecule has 0 spiro atoms. The Balaban J connectivity index is 1.46. The maximum absolute atomic E-state index is 12.3. The number of nitriles is 1. The minimum Gasteiger partial charge on any atom is -0.493 e. The molecular weight excluding hydrogens is 428 g/mol. The summed E-state index contributed by atoms with van der Waals surface area (Å²) in [5, 5.41) is 8.62. The Hall–Kier alpha value is -4.19. The molecule has 0 saturated carbocycles. The van der Waals surface area contributed by atoms with Gasteiger partial charge in [-0.15, -0.1) is 0 Å². The average Bonchev–Trinajstić information content (AvgIpc) is 2.84. The molecule has 0 saturated heterocycles. The Labute approximate surface area is 191 Å². The third-order valence-corrected chi connectivity index (χ3v) is 4.70. The van der Waals surface area contributed by atoms with Crippen molar-refractivity contribution >= 4 is 18.0 Å². The molecule has 2 aromatic rings. The maximum atomic E-state index is 12.3. The molecule has 0 aromatic heterocycles. The van der Waals surface area contributed by atoms with Crippen LogP contribution in [0.4, 0.5) is 0 Å². The Morgan fingerprint density at radius 1 is 1.21 bits per heavy atom. The van der Waals surface area contributed by atoms with E-state index in [1.165, 1.54) is 24.2 Å². The van der Waals surface area contributed by atoms with E-state index >= 15 is 0 Å². The number of esters is 1. The number of likely N-dealkylation sites (N-methyl/N-ethyl adjacent to an activating group) is 1. The van der Waals surface area contributed by atoms with Gasteiger partial charge in [0.15, 0.2) is 42.3 Å². The number of carbonyl (C=O) groups is 2. The van der Waals surface area contributed by atoms with Crippen LogP contribution in [0.5, 0.6) is 23.0 Å². The Morgan fingerprint density at radius 2 is 2.00 bits per heavy atom. The molecule has 0 N–H and O–H groups in total. The summed E-state index contributed by atoms with van der Waals surface area (Å²) in [5.74, 6) is 1.13. The van der Waals surface area contributed by atoms with Crippen LogP contribution < -0.4 is 18.9 Å². The second-order valence-electron chi connectivity index (χ2n) is 7.07. The molecular formula is C24H24N2O7. The van der Waals surface area contributed by atoms with Gasteiger partial charge in [0.05, 0.1) is 13.7 Å². The van der Waals surface area contributed by atoms with E-state index in [4.69, 9.17) is 28.9 Å². The minimum atomic E-state index is -0.660. The van der Waals surface area contributed by atoms with Crippen LogP contribution >= 0.6 is 0 Å². The molecule has 1 atom stereocenters. The SMILES string of the molecule is COc1cc(/C=C/C(=O)OCC(=O)N(C)CC2COc3ccccc3O2)ccc1OCC#N. The van der Waals surface area contributed by atoms with Gasteiger partial charge in [0.25, 0.3) is 5.91 Å². The van der Waals surface area contributed by atoms with Crippen LogP contribution in [0, 0.1) is 11.3 Å². The number of methoxy groups -OCH3 is 1. The lowest BCUT2D eigenvalue weighted by molar-refractivity contribution is -0.148. The zero-order valence-electron chi connectivity index (χ0n) is 18.4. The molecule has 33 heavy (non-hydrogen) atoms. The highest BCUT2D eigenvalue weighted by molar-refractivity contribution is 5.89.